The van der Waals surface area contributed by atoms with Gasteiger partial charge in [-0.1, -0.05) is 29.8 Å². The molecule has 0 atom stereocenters. The highest BCUT2D eigenvalue weighted by Crippen LogP contribution is 2.29. The summed E-state index contributed by atoms with van der Waals surface area (Å²) in [6, 6.07) is 20.9. The SMILES string of the molecule is Cc1ccc(SN(Cc2ccc(Oc3ccc4c(c3)c(=O)ncn4Cc3c(F)cc(F)cc3F)cc2)C(=O)OC(C)(C)C)cc1. The van der Waals surface area contributed by atoms with Crippen LogP contribution in [-0.4, -0.2) is 25.6 Å². The van der Waals surface area contributed by atoms with Crippen LogP contribution in [0.1, 0.15) is 37.5 Å². The zero-order valence-electron chi connectivity index (χ0n) is 25.0. The van der Waals surface area contributed by atoms with Crippen LogP contribution >= 0.6 is 11.9 Å². The van der Waals surface area contributed by atoms with E-state index in [4.69, 9.17) is 9.47 Å². The van der Waals surface area contributed by atoms with Crippen molar-refractivity contribution in [2.24, 2.45) is 0 Å². The van der Waals surface area contributed by atoms with E-state index < -0.39 is 34.7 Å². The maximum absolute atomic E-state index is 14.3. The van der Waals surface area contributed by atoms with Crippen molar-refractivity contribution in [2.75, 3.05) is 0 Å². The van der Waals surface area contributed by atoms with E-state index in [9.17, 15) is 22.8 Å². The number of hydrogen-bond acceptors (Lipinski definition) is 6. The molecule has 5 rings (SSSR count). The predicted molar refractivity (Wildman–Crippen MR) is 167 cm³/mol. The minimum atomic E-state index is -1.04. The first-order valence-corrected chi connectivity index (χ1v) is 14.8. The fourth-order valence-electron chi connectivity index (χ4n) is 4.41. The second kappa shape index (κ2) is 13.1. The van der Waals surface area contributed by atoms with E-state index in [2.05, 4.69) is 4.98 Å². The third kappa shape index (κ3) is 8.04. The number of hydrogen-bond donors (Lipinski definition) is 0. The Hall–Kier alpha value is -4.77. The first-order chi connectivity index (χ1) is 21.3. The second-order valence-electron chi connectivity index (χ2n) is 11.4. The van der Waals surface area contributed by atoms with Crippen LogP contribution in [0, 0.1) is 24.4 Å². The lowest BCUT2D eigenvalue weighted by molar-refractivity contribution is 0.0396. The maximum atomic E-state index is 14.3. The minimum Gasteiger partial charge on any atom is -0.457 e. The van der Waals surface area contributed by atoms with Crippen molar-refractivity contribution >= 4 is 28.9 Å². The van der Waals surface area contributed by atoms with Gasteiger partial charge in [-0.25, -0.2) is 22.3 Å². The van der Waals surface area contributed by atoms with Gasteiger partial charge in [-0.3, -0.25) is 4.79 Å². The molecule has 0 saturated carbocycles. The molecule has 0 bridgehead atoms. The number of rotatable bonds is 8. The fraction of sp³-hybridized carbons (Fsp3) is 0.206. The third-order valence-corrected chi connectivity index (χ3v) is 7.56. The number of aryl methyl sites for hydroxylation is 1. The van der Waals surface area contributed by atoms with Gasteiger partial charge in [0.1, 0.15) is 34.6 Å². The molecule has 0 radical (unpaired) electrons. The molecule has 1 heterocycles. The molecule has 4 aromatic carbocycles. The van der Waals surface area contributed by atoms with E-state index in [0.717, 1.165) is 16.0 Å². The van der Waals surface area contributed by atoms with Crippen LogP contribution in [0.15, 0.2) is 94.9 Å². The Morgan fingerprint density at radius 1 is 0.911 bits per heavy atom. The fourth-order valence-corrected chi connectivity index (χ4v) is 5.25. The van der Waals surface area contributed by atoms with Gasteiger partial charge in [-0.15, -0.1) is 0 Å². The Morgan fingerprint density at radius 3 is 2.20 bits per heavy atom. The van der Waals surface area contributed by atoms with E-state index >= 15 is 0 Å². The molecule has 232 valence electrons. The first-order valence-electron chi connectivity index (χ1n) is 14.0. The molecule has 45 heavy (non-hydrogen) atoms. The normalized spacial score (nSPS) is 11.4. The van der Waals surface area contributed by atoms with E-state index in [-0.39, 0.29) is 24.0 Å². The van der Waals surface area contributed by atoms with E-state index in [1.807, 2.05) is 64.1 Å². The highest BCUT2D eigenvalue weighted by Gasteiger charge is 2.24. The summed E-state index contributed by atoms with van der Waals surface area (Å²) in [7, 11) is 0. The van der Waals surface area contributed by atoms with E-state index in [1.165, 1.54) is 28.9 Å². The van der Waals surface area contributed by atoms with Crippen LogP contribution in [0.3, 0.4) is 0 Å². The topological polar surface area (TPSA) is 73.7 Å². The molecular weight excluding hydrogens is 603 g/mol. The molecule has 1 aromatic heterocycles. The largest absolute Gasteiger partial charge is 0.457 e. The van der Waals surface area contributed by atoms with Crippen LogP contribution in [0.5, 0.6) is 11.5 Å². The monoisotopic (exact) mass is 633 g/mol. The van der Waals surface area contributed by atoms with Gasteiger partial charge in [0, 0.05) is 22.6 Å². The lowest BCUT2D eigenvalue weighted by Gasteiger charge is -2.26. The van der Waals surface area contributed by atoms with E-state index in [0.29, 0.717) is 29.1 Å². The molecule has 0 saturated heterocycles. The zero-order chi connectivity index (χ0) is 32.3. The average molecular weight is 634 g/mol. The van der Waals surface area contributed by atoms with E-state index in [1.54, 1.807) is 28.6 Å². The van der Waals surface area contributed by atoms with Gasteiger partial charge in [0.05, 0.1) is 30.3 Å². The summed E-state index contributed by atoms with van der Waals surface area (Å²) >= 11 is 1.29. The Labute approximate surface area is 262 Å². The van der Waals surface area contributed by atoms with Crippen LogP contribution in [0.2, 0.25) is 0 Å². The van der Waals surface area contributed by atoms with Crippen LogP contribution in [-0.2, 0) is 17.8 Å². The summed E-state index contributed by atoms with van der Waals surface area (Å²) < 4.78 is 56.5. The number of amides is 1. The van der Waals surface area contributed by atoms with Crippen LogP contribution in [0.25, 0.3) is 10.9 Å². The molecule has 0 aliphatic carbocycles. The molecule has 0 spiro atoms. The summed E-state index contributed by atoms with van der Waals surface area (Å²) in [5, 5.41) is 0.177. The maximum Gasteiger partial charge on any atom is 0.420 e. The quantitative estimate of drug-likeness (QED) is 0.160. The molecule has 11 heteroatoms. The minimum absolute atomic E-state index is 0.177. The number of fused-ring (bicyclic) bond motifs is 1. The highest BCUT2D eigenvalue weighted by molar-refractivity contribution is 7.97. The standard InChI is InChI=1S/C34H30F3N3O4S/c1-21-5-12-26(13-6-21)45-40(33(42)44-34(2,3)4)18-22-7-9-24(10-8-22)43-25-11-14-31-27(17-25)32(41)38-20-39(31)19-28-29(36)15-23(35)16-30(28)37/h5-17,20H,18-19H2,1-4H3. The van der Waals surface area contributed by atoms with Crippen molar-refractivity contribution in [3.8, 4) is 11.5 Å². The first kappa shape index (κ1) is 31.6. The molecular formula is C34H30F3N3O4S. The van der Waals surface area contributed by atoms with Crippen LogP contribution in [0.4, 0.5) is 18.0 Å². The summed E-state index contributed by atoms with van der Waals surface area (Å²) in [5.41, 5.74) is 0.754. The van der Waals surface area contributed by atoms with Gasteiger partial charge in [0.2, 0.25) is 0 Å². The van der Waals surface area contributed by atoms with Gasteiger partial charge in [-0.2, -0.15) is 4.98 Å². The molecule has 0 fully saturated rings. The Kier molecular flexibility index (Phi) is 9.19. The predicted octanol–water partition coefficient (Wildman–Crippen LogP) is 8.41. The smallest absolute Gasteiger partial charge is 0.420 e. The highest BCUT2D eigenvalue weighted by atomic mass is 32.2. The molecule has 0 N–H and O–H groups in total. The molecule has 5 aromatic rings. The third-order valence-electron chi connectivity index (χ3n) is 6.58. The number of benzene rings is 4. The van der Waals surface area contributed by atoms with Gasteiger partial charge in [-0.05, 0) is 87.7 Å². The van der Waals surface area contributed by atoms with Crippen molar-refractivity contribution in [3.05, 3.63) is 130 Å². The van der Waals surface area contributed by atoms with Crippen molar-refractivity contribution in [1.82, 2.24) is 13.9 Å². The second-order valence-corrected chi connectivity index (χ2v) is 12.5. The van der Waals surface area contributed by atoms with Gasteiger partial charge >= 0.3 is 6.09 Å². The summed E-state index contributed by atoms with van der Waals surface area (Å²) in [4.78, 5) is 30.3. The zero-order valence-corrected chi connectivity index (χ0v) is 25.8. The lowest BCUT2D eigenvalue weighted by atomic mass is 10.1. The summed E-state index contributed by atoms with van der Waals surface area (Å²) in [6.45, 7) is 7.41. The summed E-state index contributed by atoms with van der Waals surface area (Å²) in [5.74, 6) is -2.27. The number of nitrogens with zero attached hydrogens (tertiary/aromatic N) is 3. The molecule has 0 aliphatic heterocycles. The molecule has 1 amide bonds. The Balaban J connectivity index is 1.33. The van der Waals surface area contributed by atoms with Crippen LogP contribution < -0.4 is 10.3 Å². The molecule has 7 nitrogen and oxygen atoms in total. The van der Waals surface area contributed by atoms with Crippen molar-refractivity contribution < 1.29 is 27.4 Å². The average Bonchev–Trinajstić information content (AvgIpc) is 2.97. The van der Waals surface area contributed by atoms with Crippen molar-refractivity contribution in [2.45, 2.75) is 51.3 Å². The Bertz CT molecular complexity index is 1880. The lowest BCUT2D eigenvalue weighted by Crippen LogP contribution is -2.32. The van der Waals surface area contributed by atoms with Gasteiger partial charge in [0.25, 0.3) is 5.56 Å². The van der Waals surface area contributed by atoms with Gasteiger partial charge < -0.3 is 14.0 Å². The van der Waals surface area contributed by atoms with Gasteiger partial charge in [0.15, 0.2) is 0 Å². The number of ether oxygens (including phenoxy) is 2. The number of aromatic nitrogens is 2. The number of carbonyl (C=O) groups is 1. The number of halogens is 3. The van der Waals surface area contributed by atoms with Crippen molar-refractivity contribution in [1.29, 1.82) is 0 Å². The number of carbonyl (C=O) groups excluding carboxylic acids is 1. The molecule has 0 aliphatic rings. The summed E-state index contributed by atoms with van der Waals surface area (Å²) in [6.07, 6.45) is 0.720. The molecule has 0 unspecified atom stereocenters. The van der Waals surface area contributed by atoms with Crippen molar-refractivity contribution in [3.63, 3.8) is 0 Å². The Morgan fingerprint density at radius 2 is 1.56 bits per heavy atom.